The highest BCUT2D eigenvalue weighted by Gasteiger charge is 2.12. The van der Waals surface area contributed by atoms with Crippen LogP contribution in [0.3, 0.4) is 0 Å². The van der Waals surface area contributed by atoms with Crippen LogP contribution in [-0.4, -0.2) is 12.0 Å². The largest absolute Gasteiger partial charge is 0.312 e. The zero-order valence-corrected chi connectivity index (χ0v) is 11.1. The van der Waals surface area contributed by atoms with Gasteiger partial charge in [-0.25, -0.2) is 9.37 Å². The minimum absolute atomic E-state index is 0.194. The van der Waals surface area contributed by atoms with Crippen LogP contribution in [0, 0.1) is 5.82 Å². The number of thiazole rings is 1. The van der Waals surface area contributed by atoms with Crippen molar-refractivity contribution in [3.63, 3.8) is 0 Å². The number of nitrogens with zero attached hydrogens (tertiary/aromatic N) is 1. The zero-order chi connectivity index (χ0) is 12.4. The van der Waals surface area contributed by atoms with Crippen molar-refractivity contribution in [3.8, 4) is 10.6 Å². The lowest BCUT2D eigenvalue weighted by Gasteiger charge is -2.05. The Labute approximate surface area is 108 Å². The van der Waals surface area contributed by atoms with Gasteiger partial charge in [-0.3, -0.25) is 0 Å². The topological polar surface area (TPSA) is 24.9 Å². The highest BCUT2D eigenvalue weighted by molar-refractivity contribution is 7.13. The fourth-order valence-corrected chi connectivity index (χ4v) is 2.68. The van der Waals surface area contributed by atoms with Crippen LogP contribution in [0.2, 0.25) is 5.02 Å². The molecule has 5 heteroatoms. The van der Waals surface area contributed by atoms with Gasteiger partial charge in [0.2, 0.25) is 0 Å². The number of aromatic nitrogens is 1. The normalized spacial score (nSPS) is 12.7. The summed E-state index contributed by atoms with van der Waals surface area (Å²) in [6.45, 7) is 2.03. The third-order valence-electron chi connectivity index (χ3n) is 2.56. The van der Waals surface area contributed by atoms with E-state index >= 15 is 0 Å². The highest BCUT2D eigenvalue weighted by Crippen LogP contribution is 2.31. The van der Waals surface area contributed by atoms with E-state index in [1.165, 1.54) is 23.5 Å². The fourth-order valence-electron chi connectivity index (χ4n) is 1.42. The molecule has 0 aliphatic rings. The Balaban J connectivity index is 2.37. The van der Waals surface area contributed by atoms with Crippen LogP contribution in [0.4, 0.5) is 4.39 Å². The van der Waals surface area contributed by atoms with Crippen molar-refractivity contribution in [3.05, 3.63) is 40.1 Å². The Morgan fingerprint density at radius 1 is 1.47 bits per heavy atom. The summed E-state index contributed by atoms with van der Waals surface area (Å²) in [4.78, 5) is 4.49. The molecule has 0 saturated carbocycles. The second-order valence-corrected chi connectivity index (χ2v) is 4.98. The summed E-state index contributed by atoms with van der Waals surface area (Å²) >= 11 is 7.51. The van der Waals surface area contributed by atoms with Crippen molar-refractivity contribution in [1.29, 1.82) is 0 Å². The number of rotatable bonds is 3. The Morgan fingerprint density at radius 3 is 2.88 bits per heavy atom. The summed E-state index contributed by atoms with van der Waals surface area (Å²) in [5, 5.41) is 6.31. The van der Waals surface area contributed by atoms with E-state index in [4.69, 9.17) is 11.6 Å². The Hall–Kier alpha value is -0.970. The van der Waals surface area contributed by atoms with Crippen LogP contribution < -0.4 is 5.32 Å². The van der Waals surface area contributed by atoms with Crippen LogP contribution in [0.1, 0.15) is 18.7 Å². The first kappa shape index (κ1) is 12.5. The third-order valence-corrected chi connectivity index (χ3v) is 3.77. The molecular weight excluding hydrogens is 259 g/mol. The molecule has 1 N–H and O–H groups in total. The summed E-state index contributed by atoms with van der Waals surface area (Å²) < 4.78 is 12.9. The second-order valence-electron chi connectivity index (χ2n) is 3.71. The van der Waals surface area contributed by atoms with Gasteiger partial charge in [0.05, 0.1) is 10.7 Å². The van der Waals surface area contributed by atoms with Crippen molar-refractivity contribution < 1.29 is 4.39 Å². The van der Waals surface area contributed by atoms with E-state index in [2.05, 4.69) is 10.3 Å². The molecule has 0 bridgehead atoms. The molecule has 1 aromatic heterocycles. The van der Waals surface area contributed by atoms with Gasteiger partial charge in [-0.05, 0) is 32.2 Å². The molecule has 1 unspecified atom stereocenters. The van der Waals surface area contributed by atoms with E-state index < -0.39 is 0 Å². The first-order valence-electron chi connectivity index (χ1n) is 5.20. The van der Waals surface area contributed by atoms with Crippen molar-refractivity contribution in [2.24, 2.45) is 0 Å². The maximum absolute atomic E-state index is 12.9. The summed E-state index contributed by atoms with van der Waals surface area (Å²) in [5.74, 6) is -0.334. The van der Waals surface area contributed by atoms with E-state index in [-0.39, 0.29) is 11.9 Å². The van der Waals surface area contributed by atoms with Crippen LogP contribution in [0.25, 0.3) is 10.6 Å². The number of benzene rings is 1. The molecule has 0 radical (unpaired) electrons. The van der Waals surface area contributed by atoms with Crippen molar-refractivity contribution >= 4 is 22.9 Å². The highest BCUT2D eigenvalue weighted by atomic mass is 35.5. The second kappa shape index (κ2) is 5.12. The van der Waals surface area contributed by atoms with Gasteiger partial charge in [0.15, 0.2) is 0 Å². The molecule has 0 fully saturated rings. The molecule has 2 aromatic rings. The fraction of sp³-hybridized carbons (Fsp3) is 0.250. The molecule has 0 saturated heterocycles. The lowest BCUT2D eigenvalue weighted by molar-refractivity contribution is 0.628. The van der Waals surface area contributed by atoms with E-state index in [1.807, 2.05) is 19.4 Å². The lowest BCUT2D eigenvalue weighted by Crippen LogP contribution is -2.12. The first-order chi connectivity index (χ1) is 8.11. The van der Waals surface area contributed by atoms with E-state index in [1.54, 1.807) is 6.07 Å². The minimum Gasteiger partial charge on any atom is -0.312 e. The van der Waals surface area contributed by atoms with Crippen LogP contribution in [-0.2, 0) is 0 Å². The molecule has 17 heavy (non-hydrogen) atoms. The van der Waals surface area contributed by atoms with Gasteiger partial charge >= 0.3 is 0 Å². The third kappa shape index (κ3) is 2.65. The molecular formula is C12H12ClFN2S. The van der Waals surface area contributed by atoms with Crippen molar-refractivity contribution in [1.82, 2.24) is 10.3 Å². The molecule has 1 heterocycles. The molecule has 2 rings (SSSR count). The minimum atomic E-state index is -0.334. The number of hydrogen-bond acceptors (Lipinski definition) is 3. The van der Waals surface area contributed by atoms with Gasteiger partial charge in [-0.15, -0.1) is 11.3 Å². The van der Waals surface area contributed by atoms with Gasteiger partial charge in [-0.1, -0.05) is 11.6 Å². The number of nitrogens with one attached hydrogen (secondary N) is 1. The predicted octanol–water partition coefficient (Wildman–Crippen LogP) is 3.88. The molecule has 0 amide bonds. The molecule has 1 atom stereocenters. The van der Waals surface area contributed by atoms with E-state index in [9.17, 15) is 4.39 Å². The molecule has 1 aromatic carbocycles. The van der Waals surface area contributed by atoms with E-state index in [0.717, 1.165) is 16.3 Å². The van der Waals surface area contributed by atoms with Gasteiger partial charge < -0.3 is 5.32 Å². The van der Waals surface area contributed by atoms with Gasteiger partial charge in [0.25, 0.3) is 0 Å². The van der Waals surface area contributed by atoms with E-state index in [0.29, 0.717) is 5.02 Å². The van der Waals surface area contributed by atoms with Crippen molar-refractivity contribution in [2.75, 3.05) is 7.05 Å². The van der Waals surface area contributed by atoms with Crippen LogP contribution in [0.15, 0.2) is 23.6 Å². The predicted molar refractivity (Wildman–Crippen MR) is 70.0 cm³/mol. The zero-order valence-electron chi connectivity index (χ0n) is 9.50. The average Bonchev–Trinajstić information content (AvgIpc) is 2.77. The Kier molecular flexibility index (Phi) is 3.76. The maximum atomic E-state index is 12.9. The SMILES string of the molecule is CNC(C)c1csc(-c2ccc(F)cc2Cl)n1. The summed E-state index contributed by atoms with van der Waals surface area (Å²) in [6.07, 6.45) is 0. The number of halogens is 2. The van der Waals surface area contributed by atoms with Gasteiger partial charge in [0, 0.05) is 17.0 Å². The van der Waals surface area contributed by atoms with Crippen LogP contribution >= 0.6 is 22.9 Å². The molecule has 0 aliphatic carbocycles. The molecule has 0 aliphatic heterocycles. The summed E-state index contributed by atoms with van der Waals surface area (Å²) in [7, 11) is 1.88. The summed E-state index contributed by atoms with van der Waals surface area (Å²) in [5.41, 5.74) is 1.74. The summed E-state index contributed by atoms with van der Waals surface area (Å²) in [6, 6.07) is 4.55. The molecule has 90 valence electrons. The Morgan fingerprint density at radius 2 is 2.24 bits per heavy atom. The number of hydrogen-bond donors (Lipinski definition) is 1. The molecule has 2 nitrogen and oxygen atoms in total. The molecule has 0 spiro atoms. The van der Waals surface area contributed by atoms with Gasteiger partial charge in [-0.2, -0.15) is 0 Å². The Bertz CT molecular complexity index is 527. The first-order valence-corrected chi connectivity index (χ1v) is 6.45. The monoisotopic (exact) mass is 270 g/mol. The standard InChI is InChI=1S/C12H12ClFN2S/c1-7(15-2)11-6-17-12(16-11)9-4-3-8(14)5-10(9)13/h3-7,15H,1-2H3. The van der Waals surface area contributed by atoms with Crippen LogP contribution in [0.5, 0.6) is 0 Å². The smallest absolute Gasteiger partial charge is 0.125 e. The quantitative estimate of drug-likeness (QED) is 0.915. The van der Waals surface area contributed by atoms with Crippen molar-refractivity contribution in [2.45, 2.75) is 13.0 Å². The average molecular weight is 271 g/mol. The maximum Gasteiger partial charge on any atom is 0.125 e. The lowest BCUT2D eigenvalue weighted by atomic mass is 10.2. The van der Waals surface area contributed by atoms with Gasteiger partial charge in [0.1, 0.15) is 10.8 Å².